The summed E-state index contributed by atoms with van der Waals surface area (Å²) in [5, 5.41) is 0. The van der Waals surface area contributed by atoms with Crippen LogP contribution in [0, 0.1) is 0 Å². The van der Waals surface area contributed by atoms with Crippen molar-refractivity contribution >= 4 is 0 Å². The molecule has 1 unspecified atom stereocenters. The summed E-state index contributed by atoms with van der Waals surface area (Å²) >= 11 is 0. The first-order valence-electron chi connectivity index (χ1n) is 3.09. The summed E-state index contributed by atoms with van der Waals surface area (Å²) in [6.07, 6.45) is 8.84. The average Bonchev–Trinajstić information content (AvgIpc) is 1.89. The summed E-state index contributed by atoms with van der Waals surface area (Å²) in [5.74, 6) is 0. The summed E-state index contributed by atoms with van der Waals surface area (Å²) in [7, 11) is 0. The van der Waals surface area contributed by atoms with E-state index in [0.717, 1.165) is 12.0 Å². The molecule has 0 saturated heterocycles. The first-order chi connectivity index (χ1) is 4.34. The van der Waals surface area contributed by atoms with E-state index in [1.807, 2.05) is 18.2 Å². The van der Waals surface area contributed by atoms with E-state index in [-0.39, 0.29) is 6.04 Å². The van der Waals surface area contributed by atoms with Gasteiger partial charge in [0.05, 0.1) is 0 Å². The first-order valence-corrected chi connectivity index (χ1v) is 3.09. The zero-order valence-electron chi connectivity index (χ0n) is 5.38. The van der Waals surface area contributed by atoms with Crippen molar-refractivity contribution in [2.24, 2.45) is 5.73 Å². The molecule has 9 heavy (non-hydrogen) atoms. The van der Waals surface area contributed by atoms with Crippen LogP contribution in [0.25, 0.3) is 0 Å². The molecule has 0 aromatic rings. The van der Waals surface area contributed by atoms with E-state index in [0.29, 0.717) is 0 Å². The molecule has 0 aromatic heterocycles. The number of allylic oxidation sites excluding steroid dienone is 2. The van der Waals surface area contributed by atoms with Crippen molar-refractivity contribution in [1.82, 2.24) is 0 Å². The van der Waals surface area contributed by atoms with E-state index >= 15 is 0 Å². The molecule has 0 amide bonds. The number of hydrogen-bond donors (Lipinski definition) is 1. The van der Waals surface area contributed by atoms with E-state index in [1.165, 1.54) is 0 Å². The summed E-state index contributed by atoms with van der Waals surface area (Å²) in [6.45, 7) is 3.65. The second-order valence-corrected chi connectivity index (χ2v) is 2.14. The Kier molecular flexibility index (Phi) is 1.85. The maximum Gasteiger partial charge on any atom is 0.0329 e. The summed E-state index contributed by atoms with van der Waals surface area (Å²) in [6, 6.07) is 0.174. The van der Waals surface area contributed by atoms with Gasteiger partial charge in [-0.05, 0) is 12.0 Å². The van der Waals surface area contributed by atoms with Crippen molar-refractivity contribution in [2.75, 3.05) is 0 Å². The topological polar surface area (TPSA) is 26.0 Å². The molecule has 1 heteroatoms. The van der Waals surface area contributed by atoms with E-state index in [1.54, 1.807) is 0 Å². The third kappa shape index (κ3) is 1.30. The van der Waals surface area contributed by atoms with Crippen LogP contribution in [-0.2, 0) is 0 Å². The highest BCUT2D eigenvalue weighted by atomic mass is 14.6. The molecule has 1 atom stereocenters. The van der Waals surface area contributed by atoms with Gasteiger partial charge in [-0.3, -0.25) is 0 Å². The lowest BCUT2D eigenvalue weighted by Crippen LogP contribution is -2.21. The Morgan fingerprint density at radius 3 is 3.00 bits per heavy atom. The molecule has 0 aliphatic heterocycles. The lowest BCUT2D eigenvalue weighted by Gasteiger charge is -2.12. The Morgan fingerprint density at radius 1 is 1.78 bits per heavy atom. The number of rotatable bonds is 1. The van der Waals surface area contributed by atoms with Crippen molar-refractivity contribution in [3.8, 4) is 0 Å². The van der Waals surface area contributed by atoms with E-state index in [2.05, 4.69) is 12.7 Å². The highest BCUT2D eigenvalue weighted by Crippen LogP contribution is 2.10. The quantitative estimate of drug-likeness (QED) is 0.557. The van der Waals surface area contributed by atoms with E-state index < -0.39 is 0 Å². The van der Waals surface area contributed by atoms with Crippen LogP contribution in [-0.4, -0.2) is 6.04 Å². The fraction of sp³-hybridized carbons (Fsp3) is 0.250. The van der Waals surface area contributed by atoms with Gasteiger partial charge in [0, 0.05) is 6.04 Å². The molecule has 48 valence electrons. The minimum absolute atomic E-state index is 0.174. The number of nitrogens with two attached hydrogens (primary N) is 1. The third-order valence-corrected chi connectivity index (χ3v) is 1.48. The minimum Gasteiger partial charge on any atom is -0.324 e. The Balaban J connectivity index is 2.74. The van der Waals surface area contributed by atoms with Gasteiger partial charge in [-0.15, -0.1) is 0 Å². The first kappa shape index (κ1) is 6.30. The van der Waals surface area contributed by atoms with Gasteiger partial charge in [0.1, 0.15) is 0 Å². The van der Waals surface area contributed by atoms with Gasteiger partial charge in [0.2, 0.25) is 0 Å². The Hall–Kier alpha value is -0.820. The van der Waals surface area contributed by atoms with Crippen LogP contribution in [0.2, 0.25) is 0 Å². The lowest BCUT2D eigenvalue weighted by atomic mass is 10.0. The van der Waals surface area contributed by atoms with Crippen LogP contribution < -0.4 is 5.73 Å². The van der Waals surface area contributed by atoms with E-state index in [9.17, 15) is 0 Å². The maximum atomic E-state index is 5.70. The van der Waals surface area contributed by atoms with E-state index in [4.69, 9.17) is 5.73 Å². The van der Waals surface area contributed by atoms with Crippen molar-refractivity contribution in [3.63, 3.8) is 0 Å². The average molecular weight is 121 g/mol. The Morgan fingerprint density at radius 2 is 2.56 bits per heavy atom. The van der Waals surface area contributed by atoms with Gasteiger partial charge in [0.25, 0.3) is 0 Å². The lowest BCUT2D eigenvalue weighted by molar-refractivity contribution is 0.793. The summed E-state index contributed by atoms with van der Waals surface area (Å²) in [5.41, 5.74) is 6.84. The zero-order valence-corrected chi connectivity index (χ0v) is 5.38. The van der Waals surface area contributed by atoms with Gasteiger partial charge in [-0.2, -0.15) is 0 Å². The van der Waals surface area contributed by atoms with Crippen molar-refractivity contribution in [2.45, 2.75) is 12.5 Å². The molecular formula is C8H11N. The predicted molar refractivity (Wildman–Crippen MR) is 40.0 cm³/mol. The van der Waals surface area contributed by atoms with Crippen molar-refractivity contribution < 1.29 is 0 Å². The summed E-state index contributed by atoms with van der Waals surface area (Å²) in [4.78, 5) is 0. The minimum atomic E-state index is 0.174. The van der Waals surface area contributed by atoms with Crippen LogP contribution in [0.15, 0.2) is 36.5 Å². The van der Waals surface area contributed by atoms with Crippen molar-refractivity contribution in [3.05, 3.63) is 36.5 Å². The Labute approximate surface area is 55.6 Å². The summed E-state index contributed by atoms with van der Waals surface area (Å²) < 4.78 is 0. The van der Waals surface area contributed by atoms with Crippen LogP contribution >= 0.6 is 0 Å². The molecular weight excluding hydrogens is 110 g/mol. The van der Waals surface area contributed by atoms with Crippen molar-refractivity contribution in [1.29, 1.82) is 0 Å². The molecule has 0 saturated carbocycles. The van der Waals surface area contributed by atoms with Gasteiger partial charge in [-0.1, -0.05) is 30.9 Å². The van der Waals surface area contributed by atoms with Crippen LogP contribution in [0.3, 0.4) is 0 Å². The van der Waals surface area contributed by atoms with Crippen LogP contribution in [0.1, 0.15) is 6.42 Å². The number of hydrogen-bond acceptors (Lipinski definition) is 1. The van der Waals surface area contributed by atoms with Gasteiger partial charge >= 0.3 is 0 Å². The standard InChI is InChI=1S/C8H11N/c1-2-7-5-3-4-6-8(7)9/h2-5,8H,1,6,9H2. The molecule has 0 heterocycles. The largest absolute Gasteiger partial charge is 0.324 e. The third-order valence-electron chi connectivity index (χ3n) is 1.48. The normalized spacial score (nSPS) is 25.4. The fourth-order valence-electron chi connectivity index (χ4n) is 0.883. The second kappa shape index (κ2) is 2.65. The SMILES string of the molecule is C=CC1=CC=CCC1N. The monoisotopic (exact) mass is 121 g/mol. The molecule has 1 rings (SSSR count). The molecule has 0 aromatic carbocycles. The molecule has 0 spiro atoms. The Bertz CT molecular complexity index is 165. The molecule has 2 N–H and O–H groups in total. The molecule has 0 fully saturated rings. The predicted octanol–water partition coefficient (Wildman–Crippen LogP) is 1.39. The van der Waals surface area contributed by atoms with Gasteiger partial charge in [0.15, 0.2) is 0 Å². The highest BCUT2D eigenvalue weighted by Gasteiger charge is 2.04. The second-order valence-electron chi connectivity index (χ2n) is 2.14. The molecule has 1 aliphatic rings. The van der Waals surface area contributed by atoms with Crippen LogP contribution in [0.5, 0.6) is 0 Å². The highest BCUT2D eigenvalue weighted by molar-refractivity contribution is 5.30. The molecule has 0 radical (unpaired) electrons. The van der Waals surface area contributed by atoms with Gasteiger partial charge < -0.3 is 5.73 Å². The molecule has 1 aliphatic carbocycles. The van der Waals surface area contributed by atoms with Gasteiger partial charge in [-0.25, -0.2) is 0 Å². The van der Waals surface area contributed by atoms with Crippen LogP contribution in [0.4, 0.5) is 0 Å². The molecule has 1 nitrogen and oxygen atoms in total. The maximum absolute atomic E-state index is 5.70. The smallest absolute Gasteiger partial charge is 0.0329 e. The fourth-order valence-corrected chi connectivity index (χ4v) is 0.883. The zero-order chi connectivity index (χ0) is 6.69. The molecule has 0 bridgehead atoms.